The second kappa shape index (κ2) is 4.99. The number of allylic oxidation sites excluding steroid dienone is 4. The van der Waals surface area contributed by atoms with Crippen LogP contribution in [0.25, 0.3) is 0 Å². The van der Waals surface area contributed by atoms with E-state index in [-0.39, 0.29) is 0 Å². The summed E-state index contributed by atoms with van der Waals surface area (Å²) in [7, 11) is 0. The number of hydrogen-bond donors (Lipinski definition) is 0. The second-order valence-corrected chi connectivity index (χ2v) is 9.39. The van der Waals surface area contributed by atoms with E-state index in [1.54, 1.807) is 11.1 Å². The summed E-state index contributed by atoms with van der Waals surface area (Å²) in [5, 5.41) is 0. The molecular formula is C22H34. The maximum atomic E-state index is 2.67. The van der Waals surface area contributed by atoms with Crippen LogP contribution in [0, 0.1) is 34.5 Å². The molecule has 0 saturated heterocycles. The lowest BCUT2D eigenvalue weighted by Crippen LogP contribution is -2.51. The van der Waals surface area contributed by atoms with E-state index in [1.165, 1.54) is 51.4 Å². The Labute approximate surface area is 137 Å². The zero-order chi connectivity index (χ0) is 15.5. The summed E-state index contributed by atoms with van der Waals surface area (Å²) >= 11 is 0. The van der Waals surface area contributed by atoms with Crippen LogP contribution in [0.2, 0.25) is 0 Å². The van der Waals surface area contributed by atoms with Crippen LogP contribution in [-0.4, -0.2) is 0 Å². The maximum Gasteiger partial charge on any atom is -0.00853 e. The third kappa shape index (κ3) is 1.88. The summed E-state index contributed by atoms with van der Waals surface area (Å²) in [6.45, 7) is 9.90. The van der Waals surface area contributed by atoms with E-state index in [0.29, 0.717) is 10.8 Å². The van der Waals surface area contributed by atoms with Gasteiger partial charge in [-0.3, -0.25) is 0 Å². The average molecular weight is 299 g/mol. The van der Waals surface area contributed by atoms with Crippen LogP contribution in [0.4, 0.5) is 0 Å². The molecule has 0 aromatic heterocycles. The molecule has 4 aliphatic carbocycles. The third-order valence-electron chi connectivity index (χ3n) is 8.68. The van der Waals surface area contributed by atoms with Crippen LogP contribution >= 0.6 is 0 Å². The van der Waals surface area contributed by atoms with E-state index in [4.69, 9.17) is 0 Å². The van der Waals surface area contributed by atoms with Crippen molar-refractivity contribution < 1.29 is 0 Å². The van der Waals surface area contributed by atoms with E-state index in [2.05, 4.69) is 39.8 Å². The van der Waals surface area contributed by atoms with Crippen molar-refractivity contribution in [2.45, 2.75) is 79.1 Å². The Morgan fingerprint density at radius 2 is 1.82 bits per heavy atom. The molecule has 0 amide bonds. The highest BCUT2D eigenvalue weighted by molar-refractivity contribution is 5.24. The minimum atomic E-state index is 0.555. The predicted molar refractivity (Wildman–Crippen MR) is 94.6 cm³/mol. The highest BCUT2D eigenvalue weighted by Gasteiger charge is 2.57. The Hall–Kier alpha value is -0.520. The molecule has 22 heavy (non-hydrogen) atoms. The van der Waals surface area contributed by atoms with Crippen molar-refractivity contribution in [3.63, 3.8) is 0 Å². The Balaban J connectivity index is 1.67. The van der Waals surface area contributed by atoms with Gasteiger partial charge in [0.25, 0.3) is 0 Å². The lowest BCUT2D eigenvalue weighted by molar-refractivity contribution is -0.0747. The fourth-order valence-electron chi connectivity index (χ4n) is 7.35. The highest BCUT2D eigenvalue weighted by atomic mass is 14.6. The zero-order valence-corrected chi connectivity index (χ0v) is 15.1. The van der Waals surface area contributed by atoms with Gasteiger partial charge in [0, 0.05) is 0 Å². The molecule has 0 radical (unpaired) electrons. The number of hydrogen-bond acceptors (Lipinski definition) is 0. The fraction of sp³-hybridized carbons (Fsp3) is 0.818. The lowest BCUT2D eigenvalue weighted by Gasteiger charge is -2.59. The van der Waals surface area contributed by atoms with Crippen molar-refractivity contribution in [1.82, 2.24) is 0 Å². The highest BCUT2D eigenvalue weighted by Crippen LogP contribution is 2.66. The minimum Gasteiger partial charge on any atom is -0.0879 e. The summed E-state index contributed by atoms with van der Waals surface area (Å²) in [5.41, 5.74) is 4.63. The van der Waals surface area contributed by atoms with E-state index in [0.717, 1.165) is 23.7 Å². The van der Waals surface area contributed by atoms with E-state index >= 15 is 0 Å². The summed E-state index contributed by atoms with van der Waals surface area (Å²) < 4.78 is 0. The maximum absolute atomic E-state index is 2.67. The molecule has 0 bridgehead atoms. The molecule has 0 aromatic rings. The molecule has 3 saturated carbocycles. The summed E-state index contributed by atoms with van der Waals surface area (Å²) in [6.07, 6.45) is 16.7. The summed E-state index contributed by atoms with van der Waals surface area (Å²) in [6, 6.07) is 0. The Morgan fingerprint density at radius 1 is 1.00 bits per heavy atom. The smallest absolute Gasteiger partial charge is 0.00853 e. The molecule has 0 spiro atoms. The normalized spacial score (nSPS) is 52.7. The molecule has 4 unspecified atom stereocenters. The standard InChI is InChI=1S/C22H34/c1-5-16-7-9-19-18-8-6-17-14-15(2)10-12-22(17,4)20(18)11-13-21(16,19)3/h5,14,17-20H,6-13H2,1-4H3/b16-5+/t17?,18?,19?,20?,21-,22+/m0/s1. The van der Waals surface area contributed by atoms with Gasteiger partial charge in [0.2, 0.25) is 0 Å². The van der Waals surface area contributed by atoms with Gasteiger partial charge in [-0.1, -0.05) is 37.1 Å². The van der Waals surface area contributed by atoms with Crippen LogP contribution < -0.4 is 0 Å². The van der Waals surface area contributed by atoms with Crippen LogP contribution in [0.15, 0.2) is 23.3 Å². The van der Waals surface area contributed by atoms with Gasteiger partial charge in [-0.25, -0.2) is 0 Å². The molecule has 0 aromatic carbocycles. The Morgan fingerprint density at radius 3 is 2.59 bits per heavy atom. The predicted octanol–water partition coefficient (Wildman–Crippen LogP) is 6.53. The molecule has 6 atom stereocenters. The van der Waals surface area contributed by atoms with Crippen LogP contribution in [0.5, 0.6) is 0 Å². The molecule has 122 valence electrons. The average Bonchev–Trinajstić information content (AvgIpc) is 2.84. The van der Waals surface area contributed by atoms with Gasteiger partial charge in [0.15, 0.2) is 0 Å². The molecule has 0 heterocycles. The quantitative estimate of drug-likeness (QED) is 0.446. The third-order valence-corrected chi connectivity index (χ3v) is 8.68. The fourth-order valence-corrected chi connectivity index (χ4v) is 7.35. The van der Waals surface area contributed by atoms with Crippen LogP contribution in [0.1, 0.15) is 79.1 Å². The Kier molecular flexibility index (Phi) is 3.41. The van der Waals surface area contributed by atoms with Gasteiger partial charge in [0.1, 0.15) is 0 Å². The second-order valence-electron chi connectivity index (χ2n) is 9.39. The minimum absolute atomic E-state index is 0.555. The molecule has 0 aliphatic heterocycles. The summed E-state index contributed by atoms with van der Waals surface area (Å²) in [4.78, 5) is 0. The van der Waals surface area contributed by atoms with Crippen molar-refractivity contribution in [1.29, 1.82) is 0 Å². The first-order chi connectivity index (χ1) is 10.5. The first-order valence-electron chi connectivity index (χ1n) is 9.82. The lowest BCUT2D eigenvalue weighted by atomic mass is 9.45. The zero-order valence-electron chi connectivity index (χ0n) is 15.1. The molecule has 0 nitrogen and oxygen atoms in total. The summed E-state index contributed by atoms with van der Waals surface area (Å²) in [5.74, 6) is 3.89. The van der Waals surface area contributed by atoms with Gasteiger partial charge in [-0.2, -0.15) is 0 Å². The van der Waals surface area contributed by atoms with E-state index < -0.39 is 0 Å². The van der Waals surface area contributed by atoms with Crippen LogP contribution in [-0.2, 0) is 0 Å². The van der Waals surface area contributed by atoms with Crippen molar-refractivity contribution in [2.75, 3.05) is 0 Å². The first kappa shape index (κ1) is 15.0. The molecule has 0 N–H and O–H groups in total. The van der Waals surface area contributed by atoms with Gasteiger partial charge >= 0.3 is 0 Å². The molecular weight excluding hydrogens is 264 g/mol. The topological polar surface area (TPSA) is 0 Å². The van der Waals surface area contributed by atoms with Crippen molar-refractivity contribution in [2.24, 2.45) is 34.5 Å². The van der Waals surface area contributed by atoms with Crippen molar-refractivity contribution in [3.8, 4) is 0 Å². The van der Waals surface area contributed by atoms with E-state index in [1.807, 2.05) is 0 Å². The van der Waals surface area contributed by atoms with Gasteiger partial charge in [-0.05, 0) is 99.7 Å². The number of fused-ring (bicyclic) bond motifs is 5. The number of rotatable bonds is 0. The molecule has 4 aliphatic rings. The van der Waals surface area contributed by atoms with Crippen LogP contribution in [0.3, 0.4) is 0 Å². The van der Waals surface area contributed by atoms with Gasteiger partial charge in [-0.15, -0.1) is 0 Å². The first-order valence-corrected chi connectivity index (χ1v) is 9.82. The monoisotopic (exact) mass is 298 g/mol. The van der Waals surface area contributed by atoms with Gasteiger partial charge < -0.3 is 0 Å². The molecule has 0 heteroatoms. The van der Waals surface area contributed by atoms with E-state index in [9.17, 15) is 0 Å². The van der Waals surface area contributed by atoms with Gasteiger partial charge in [0.05, 0.1) is 0 Å². The molecule has 3 fully saturated rings. The SMILES string of the molecule is C/C=C1\CCC2C3CCC4C=C(C)CC[C@@]4(C)C3CC[C@@]12C. The van der Waals surface area contributed by atoms with Crippen molar-refractivity contribution in [3.05, 3.63) is 23.3 Å². The van der Waals surface area contributed by atoms with Crippen molar-refractivity contribution >= 4 is 0 Å². The largest absolute Gasteiger partial charge is 0.0879 e. The molecule has 4 rings (SSSR count). The Bertz CT molecular complexity index is 524.